The number of halogens is 6. The number of benzene rings is 2. The van der Waals surface area contributed by atoms with E-state index in [4.69, 9.17) is 23.2 Å². The second-order valence-electron chi connectivity index (χ2n) is 5.42. The van der Waals surface area contributed by atoms with Crippen molar-refractivity contribution in [3.63, 3.8) is 0 Å². The van der Waals surface area contributed by atoms with Crippen LogP contribution in [0, 0.1) is 0 Å². The molecule has 0 radical (unpaired) electrons. The van der Waals surface area contributed by atoms with Gasteiger partial charge in [0.05, 0.1) is 15.6 Å². The van der Waals surface area contributed by atoms with Crippen LogP contribution in [-0.2, 0) is 5.92 Å². The van der Waals surface area contributed by atoms with Crippen LogP contribution in [0.25, 0.3) is 0 Å². The predicted octanol–water partition coefficient (Wildman–Crippen LogP) is 5.75. The van der Waals surface area contributed by atoms with E-state index in [1.807, 2.05) is 5.32 Å². The monoisotopic (exact) mass is 438 g/mol. The van der Waals surface area contributed by atoms with Crippen LogP contribution in [0.2, 0.25) is 10.0 Å². The van der Waals surface area contributed by atoms with Crippen LogP contribution in [0.3, 0.4) is 0 Å². The van der Waals surface area contributed by atoms with Gasteiger partial charge in [0, 0.05) is 16.1 Å². The first-order valence-electron chi connectivity index (χ1n) is 7.18. The third-order valence-electron chi connectivity index (χ3n) is 3.58. The summed E-state index contributed by atoms with van der Waals surface area (Å²) >= 11 is 11.3. The summed E-state index contributed by atoms with van der Waals surface area (Å²) in [6, 6.07) is 6.57. The normalized spacial score (nSPS) is 16.5. The van der Waals surface area contributed by atoms with E-state index < -0.39 is 33.6 Å². The standard InChI is InChI=1S/C16H8Cl2F4N2O2S/c17-10-4-2-1-3-8(10)13(25)24-14(26)23-7-5-9-12(11(18)6-7)27-16(21,22)15(9,19)20/h1-6H,(H2,23,24,25,26). The highest BCUT2D eigenvalue weighted by Gasteiger charge is 2.64. The fraction of sp³-hybridized carbons (Fsp3) is 0.125. The van der Waals surface area contributed by atoms with Gasteiger partial charge in [0.1, 0.15) is 0 Å². The highest BCUT2D eigenvalue weighted by Crippen LogP contribution is 2.62. The molecule has 0 spiro atoms. The summed E-state index contributed by atoms with van der Waals surface area (Å²) in [5.74, 6) is -5.30. The molecule has 0 aromatic heterocycles. The Morgan fingerprint density at radius 2 is 1.67 bits per heavy atom. The zero-order chi connectivity index (χ0) is 20.0. The lowest BCUT2D eigenvalue weighted by atomic mass is 10.1. The van der Waals surface area contributed by atoms with Crippen molar-refractivity contribution in [2.75, 3.05) is 5.32 Å². The van der Waals surface area contributed by atoms with Gasteiger partial charge in [-0.05, 0) is 36.0 Å². The fourth-order valence-electron chi connectivity index (χ4n) is 2.33. The Balaban J connectivity index is 1.80. The number of imide groups is 1. The first-order valence-corrected chi connectivity index (χ1v) is 8.75. The molecule has 0 unspecified atom stereocenters. The van der Waals surface area contributed by atoms with E-state index in [1.165, 1.54) is 18.2 Å². The topological polar surface area (TPSA) is 58.2 Å². The van der Waals surface area contributed by atoms with Crippen molar-refractivity contribution in [2.45, 2.75) is 16.1 Å². The molecule has 1 aliphatic rings. The molecule has 4 nitrogen and oxygen atoms in total. The Hall–Kier alpha value is -1.97. The zero-order valence-corrected chi connectivity index (χ0v) is 15.3. The number of urea groups is 1. The van der Waals surface area contributed by atoms with Gasteiger partial charge < -0.3 is 5.32 Å². The van der Waals surface area contributed by atoms with E-state index in [0.717, 1.165) is 6.07 Å². The summed E-state index contributed by atoms with van der Waals surface area (Å²) in [4.78, 5) is 23.5. The average molecular weight is 439 g/mol. The van der Waals surface area contributed by atoms with Gasteiger partial charge >= 0.3 is 17.2 Å². The third-order valence-corrected chi connectivity index (χ3v) is 5.48. The van der Waals surface area contributed by atoms with Gasteiger partial charge in [-0.3, -0.25) is 10.1 Å². The van der Waals surface area contributed by atoms with Gasteiger partial charge in [0.15, 0.2) is 0 Å². The molecule has 1 heterocycles. The molecule has 0 fully saturated rings. The molecule has 0 saturated heterocycles. The molecular formula is C16H8Cl2F4N2O2S. The highest BCUT2D eigenvalue weighted by molar-refractivity contribution is 8.00. The number of carbonyl (C=O) groups excluding carboxylic acids is 2. The average Bonchev–Trinajstić information content (AvgIpc) is 2.74. The van der Waals surface area contributed by atoms with Crippen molar-refractivity contribution >= 4 is 52.6 Å². The van der Waals surface area contributed by atoms with Gasteiger partial charge in [-0.2, -0.15) is 17.6 Å². The summed E-state index contributed by atoms with van der Waals surface area (Å²) in [6.45, 7) is 0. The van der Waals surface area contributed by atoms with E-state index in [2.05, 4.69) is 5.32 Å². The number of nitrogens with one attached hydrogen (secondary N) is 2. The zero-order valence-electron chi connectivity index (χ0n) is 13.0. The van der Waals surface area contributed by atoms with E-state index in [1.54, 1.807) is 6.07 Å². The van der Waals surface area contributed by atoms with Crippen molar-refractivity contribution in [1.29, 1.82) is 0 Å². The predicted molar refractivity (Wildman–Crippen MR) is 94.1 cm³/mol. The molecular weight excluding hydrogens is 431 g/mol. The van der Waals surface area contributed by atoms with E-state index in [9.17, 15) is 27.2 Å². The second kappa shape index (κ2) is 6.88. The Morgan fingerprint density at radius 3 is 2.33 bits per heavy atom. The number of fused-ring (bicyclic) bond motifs is 1. The lowest BCUT2D eigenvalue weighted by Gasteiger charge is -2.17. The molecule has 3 rings (SSSR count). The van der Waals surface area contributed by atoms with Crippen LogP contribution in [0.1, 0.15) is 15.9 Å². The smallest absolute Gasteiger partial charge is 0.308 e. The molecule has 0 bridgehead atoms. The van der Waals surface area contributed by atoms with Gasteiger partial charge in [-0.15, -0.1) is 0 Å². The molecule has 2 aromatic rings. The Morgan fingerprint density at radius 1 is 1.00 bits per heavy atom. The molecule has 0 aliphatic carbocycles. The second-order valence-corrected chi connectivity index (χ2v) is 7.36. The quantitative estimate of drug-likeness (QED) is 0.587. The first-order chi connectivity index (χ1) is 12.5. The lowest BCUT2D eigenvalue weighted by Crippen LogP contribution is -2.34. The van der Waals surface area contributed by atoms with Crippen molar-refractivity contribution in [1.82, 2.24) is 5.32 Å². The Bertz CT molecular complexity index is 956. The van der Waals surface area contributed by atoms with Crippen LogP contribution in [-0.4, -0.2) is 17.2 Å². The fourth-order valence-corrected chi connectivity index (χ4v) is 3.83. The number of amides is 3. The molecule has 0 saturated carbocycles. The molecule has 0 atom stereocenters. The van der Waals surface area contributed by atoms with Gasteiger partial charge in [-0.1, -0.05) is 35.3 Å². The van der Waals surface area contributed by atoms with Crippen LogP contribution < -0.4 is 10.6 Å². The summed E-state index contributed by atoms with van der Waals surface area (Å²) in [5.41, 5.74) is -1.26. The Kier molecular flexibility index (Phi) is 5.04. The van der Waals surface area contributed by atoms with E-state index >= 15 is 0 Å². The summed E-state index contributed by atoms with van der Waals surface area (Å²) in [5, 5.41) is -0.571. The maximum Gasteiger partial charge on any atom is 0.364 e. The highest BCUT2D eigenvalue weighted by atomic mass is 35.5. The number of carbonyl (C=O) groups is 2. The van der Waals surface area contributed by atoms with E-state index in [-0.39, 0.29) is 33.1 Å². The number of hydrogen-bond donors (Lipinski definition) is 2. The molecule has 2 aromatic carbocycles. The summed E-state index contributed by atoms with van der Waals surface area (Å²) in [6.07, 6.45) is 0. The minimum absolute atomic E-state index is 0.0175. The summed E-state index contributed by atoms with van der Waals surface area (Å²) in [7, 11) is 0. The lowest BCUT2D eigenvalue weighted by molar-refractivity contribution is -0.154. The minimum atomic E-state index is -4.46. The molecule has 11 heteroatoms. The van der Waals surface area contributed by atoms with Crippen molar-refractivity contribution in [3.8, 4) is 0 Å². The van der Waals surface area contributed by atoms with Gasteiger partial charge in [0.2, 0.25) is 0 Å². The number of hydrogen-bond acceptors (Lipinski definition) is 3. The van der Waals surface area contributed by atoms with Crippen LogP contribution >= 0.6 is 35.0 Å². The van der Waals surface area contributed by atoms with Crippen molar-refractivity contribution in [2.24, 2.45) is 0 Å². The van der Waals surface area contributed by atoms with Crippen LogP contribution in [0.4, 0.5) is 28.0 Å². The number of anilines is 1. The van der Waals surface area contributed by atoms with Crippen LogP contribution in [0.15, 0.2) is 41.3 Å². The van der Waals surface area contributed by atoms with E-state index in [0.29, 0.717) is 6.07 Å². The van der Waals surface area contributed by atoms with Crippen LogP contribution in [0.5, 0.6) is 0 Å². The largest absolute Gasteiger partial charge is 0.364 e. The molecule has 142 valence electrons. The van der Waals surface area contributed by atoms with Crippen molar-refractivity contribution in [3.05, 3.63) is 57.6 Å². The van der Waals surface area contributed by atoms with Gasteiger partial charge in [-0.25, -0.2) is 4.79 Å². The van der Waals surface area contributed by atoms with Gasteiger partial charge in [0.25, 0.3) is 5.91 Å². The molecule has 3 amide bonds. The first kappa shape index (κ1) is 19.8. The molecule has 27 heavy (non-hydrogen) atoms. The number of rotatable bonds is 2. The SMILES string of the molecule is O=C(NC(=O)c1ccccc1Cl)Nc1cc(Cl)c2c(c1)C(F)(F)C(F)(F)S2. The molecule has 2 N–H and O–H groups in total. The molecule has 1 aliphatic heterocycles. The third kappa shape index (κ3) is 3.59. The number of alkyl halides is 4. The maximum atomic E-state index is 13.9. The Labute approximate surface area is 164 Å². The number of thioether (sulfide) groups is 1. The van der Waals surface area contributed by atoms with Crippen molar-refractivity contribution < 1.29 is 27.2 Å². The maximum absolute atomic E-state index is 13.9. The minimum Gasteiger partial charge on any atom is -0.308 e. The summed E-state index contributed by atoms with van der Waals surface area (Å²) < 4.78 is 54.7.